The summed E-state index contributed by atoms with van der Waals surface area (Å²) in [5.74, 6) is -2.31. The molecule has 3 aromatic rings. The average Bonchev–Trinajstić information content (AvgIpc) is 2.69. The van der Waals surface area contributed by atoms with Gasteiger partial charge in [-0.1, -0.05) is 30.3 Å². The maximum absolute atomic E-state index is 13.6. The summed E-state index contributed by atoms with van der Waals surface area (Å²) in [6.07, 6.45) is 4.13. The molecule has 0 radical (unpaired) electrons. The van der Waals surface area contributed by atoms with Crippen molar-refractivity contribution < 1.29 is 13.6 Å². The summed E-state index contributed by atoms with van der Waals surface area (Å²) in [6, 6.07) is 14.7. The van der Waals surface area contributed by atoms with Crippen molar-refractivity contribution in [2.45, 2.75) is 12.5 Å². The minimum absolute atomic E-state index is 0.136. The van der Waals surface area contributed by atoms with E-state index in [4.69, 9.17) is 0 Å². The minimum atomic E-state index is -1.02. The molecular formula is C21H16F2N2O. The average molecular weight is 350 g/mol. The first-order valence-electron chi connectivity index (χ1n) is 8.39. The molecule has 1 aliphatic rings. The van der Waals surface area contributed by atoms with Crippen LogP contribution in [-0.4, -0.2) is 22.3 Å². The lowest BCUT2D eigenvalue weighted by atomic mass is 9.88. The van der Waals surface area contributed by atoms with E-state index >= 15 is 0 Å². The van der Waals surface area contributed by atoms with E-state index in [2.05, 4.69) is 11.1 Å². The monoisotopic (exact) mass is 350 g/mol. The topological polar surface area (TPSA) is 33.2 Å². The molecule has 0 saturated carbocycles. The smallest absolute Gasteiger partial charge is 0.254 e. The van der Waals surface area contributed by atoms with Gasteiger partial charge in [-0.05, 0) is 47.4 Å². The maximum Gasteiger partial charge on any atom is 0.254 e. The second kappa shape index (κ2) is 6.67. The number of amides is 1. The van der Waals surface area contributed by atoms with Gasteiger partial charge in [0, 0.05) is 24.5 Å². The van der Waals surface area contributed by atoms with Crippen LogP contribution in [0.4, 0.5) is 8.78 Å². The predicted molar refractivity (Wildman–Crippen MR) is 93.6 cm³/mol. The van der Waals surface area contributed by atoms with Crippen LogP contribution in [0.1, 0.15) is 33.1 Å². The largest absolute Gasteiger partial charge is 0.327 e. The van der Waals surface area contributed by atoms with Gasteiger partial charge in [0.25, 0.3) is 5.91 Å². The first kappa shape index (κ1) is 16.4. The van der Waals surface area contributed by atoms with E-state index in [1.807, 2.05) is 30.3 Å². The third kappa shape index (κ3) is 2.86. The van der Waals surface area contributed by atoms with Gasteiger partial charge in [0.15, 0.2) is 11.6 Å². The van der Waals surface area contributed by atoms with Crippen molar-refractivity contribution in [3.05, 3.63) is 101 Å². The number of hydrogen-bond acceptors (Lipinski definition) is 2. The summed E-state index contributed by atoms with van der Waals surface area (Å²) < 4.78 is 26.8. The van der Waals surface area contributed by atoms with Crippen molar-refractivity contribution in [1.82, 2.24) is 9.88 Å². The third-order valence-corrected chi connectivity index (χ3v) is 4.71. The zero-order chi connectivity index (χ0) is 18.1. The highest BCUT2D eigenvalue weighted by atomic mass is 19.2. The van der Waals surface area contributed by atoms with Gasteiger partial charge in [0.2, 0.25) is 0 Å². The van der Waals surface area contributed by atoms with Crippen molar-refractivity contribution in [1.29, 1.82) is 0 Å². The van der Waals surface area contributed by atoms with E-state index in [1.165, 1.54) is 11.6 Å². The van der Waals surface area contributed by atoms with Gasteiger partial charge in [-0.25, -0.2) is 8.78 Å². The number of carbonyl (C=O) groups excluding carboxylic acids is 1. The van der Waals surface area contributed by atoms with E-state index < -0.39 is 11.6 Å². The zero-order valence-corrected chi connectivity index (χ0v) is 13.9. The number of aromatic nitrogens is 1. The maximum atomic E-state index is 13.6. The molecule has 2 heterocycles. The highest BCUT2D eigenvalue weighted by Crippen LogP contribution is 2.35. The van der Waals surface area contributed by atoms with E-state index in [0.29, 0.717) is 13.0 Å². The first-order valence-corrected chi connectivity index (χ1v) is 8.39. The molecule has 5 heteroatoms. The fourth-order valence-corrected chi connectivity index (χ4v) is 3.48. The van der Waals surface area contributed by atoms with E-state index in [9.17, 15) is 13.6 Å². The Bertz CT molecular complexity index is 959. The summed E-state index contributed by atoms with van der Waals surface area (Å²) in [4.78, 5) is 19.0. The molecule has 0 bridgehead atoms. The van der Waals surface area contributed by atoms with Crippen LogP contribution in [-0.2, 0) is 6.42 Å². The van der Waals surface area contributed by atoms with Gasteiger partial charge in [-0.3, -0.25) is 9.78 Å². The highest BCUT2D eigenvalue weighted by Gasteiger charge is 2.32. The molecular weight excluding hydrogens is 334 g/mol. The summed E-state index contributed by atoms with van der Waals surface area (Å²) in [5, 5.41) is 0. The fourth-order valence-electron chi connectivity index (χ4n) is 3.48. The number of carbonyl (C=O) groups is 1. The molecule has 0 spiro atoms. The molecule has 1 aromatic heterocycles. The number of halogens is 2. The van der Waals surface area contributed by atoms with Crippen LogP contribution in [0.3, 0.4) is 0 Å². The lowest BCUT2D eigenvalue weighted by Gasteiger charge is -2.37. The van der Waals surface area contributed by atoms with Crippen molar-refractivity contribution in [3.8, 4) is 0 Å². The molecule has 1 unspecified atom stereocenters. The molecule has 130 valence electrons. The molecule has 0 N–H and O–H groups in total. The molecule has 1 atom stereocenters. The van der Waals surface area contributed by atoms with E-state index in [1.54, 1.807) is 17.3 Å². The highest BCUT2D eigenvalue weighted by molar-refractivity contribution is 5.95. The molecule has 1 amide bonds. The standard InChI is InChI=1S/C21H16F2N2O/c22-18-8-7-15(12-19(18)23)21(26)25-11-9-14-4-1-2-6-17(14)20(25)16-5-3-10-24-13-16/h1-8,10,12-13,20H,9,11H2. The lowest BCUT2D eigenvalue weighted by molar-refractivity contribution is 0.0693. The zero-order valence-electron chi connectivity index (χ0n) is 13.9. The Hall–Kier alpha value is -3.08. The Morgan fingerprint density at radius 3 is 2.65 bits per heavy atom. The predicted octanol–water partition coefficient (Wildman–Crippen LogP) is 4.15. The Morgan fingerprint density at radius 2 is 1.88 bits per heavy atom. The lowest BCUT2D eigenvalue weighted by Crippen LogP contribution is -2.40. The van der Waals surface area contributed by atoms with Crippen LogP contribution < -0.4 is 0 Å². The van der Waals surface area contributed by atoms with Crippen LogP contribution in [0.15, 0.2) is 67.0 Å². The SMILES string of the molecule is O=C(c1ccc(F)c(F)c1)N1CCc2ccccc2C1c1cccnc1. The Balaban J connectivity index is 1.79. The Morgan fingerprint density at radius 1 is 1.04 bits per heavy atom. The summed E-state index contributed by atoms with van der Waals surface area (Å²) >= 11 is 0. The van der Waals surface area contributed by atoms with Gasteiger partial charge in [0.1, 0.15) is 0 Å². The molecule has 0 aliphatic carbocycles. The van der Waals surface area contributed by atoms with E-state index in [-0.39, 0.29) is 17.5 Å². The van der Waals surface area contributed by atoms with Gasteiger partial charge < -0.3 is 4.90 Å². The van der Waals surface area contributed by atoms with Crippen LogP contribution in [0.2, 0.25) is 0 Å². The van der Waals surface area contributed by atoms with Crippen molar-refractivity contribution in [2.24, 2.45) is 0 Å². The van der Waals surface area contributed by atoms with Gasteiger partial charge in [-0.15, -0.1) is 0 Å². The molecule has 4 rings (SSSR count). The molecule has 0 fully saturated rings. The van der Waals surface area contributed by atoms with Crippen LogP contribution in [0.25, 0.3) is 0 Å². The van der Waals surface area contributed by atoms with Crippen molar-refractivity contribution in [2.75, 3.05) is 6.54 Å². The normalized spacial score (nSPS) is 16.2. The molecule has 1 aliphatic heterocycles. The van der Waals surface area contributed by atoms with Gasteiger partial charge in [-0.2, -0.15) is 0 Å². The van der Waals surface area contributed by atoms with Crippen LogP contribution in [0.5, 0.6) is 0 Å². The molecule has 0 saturated heterocycles. The Kier molecular flexibility index (Phi) is 4.21. The van der Waals surface area contributed by atoms with E-state index in [0.717, 1.165) is 23.3 Å². The Labute approximate surface area is 149 Å². The summed E-state index contributed by atoms with van der Waals surface area (Å²) in [7, 11) is 0. The number of fused-ring (bicyclic) bond motifs is 1. The second-order valence-corrected chi connectivity index (χ2v) is 6.27. The van der Waals surface area contributed by atoms with Crippen molar-refractivity contribution >= 4 is 5.91 Å². The van der Waals surface area contributed by atoms with Gasteiger partial charge >= 0.3 is 0 Å². The second-order valence-electron chi connectivity index (χ2n) is 6.27. The minimum Gasteiger partial charge on any atom is -0.327 e. The third-order valence-electron chi connectivity index (χ3n) is 4.71. The quantitative estimate of drug-likeness (QED) is 0.696. The summed E-state index contributed by atoms with van der Waals surface area (Å²) in [6.45, 7) is 0.494. The number of nitrogens with zero attached hydrogens (tertiary/aromatic N) is 2. The number of pyridine rings is 1. The molecule has 26 heavy (non-hydrogen) atoms. The van der Waals surface area contributed by atoms with Crippen LogP contribution >= 0.6 is 0 Å². The first-order chi connectivity index (χ1) is 12.6. The van der Waals surface area contributed by atoms with Crippen molar-refractivity contribution in [3.63, 3.8) is 0 Å². The van der Waals surface area contributed by atoms with Gasteiger partial charge in [0.05, 0.1) is 6.04 Å². The van der Waals surface area contributed by atoms with Crippen LogP contribution in [0, 0.1) is 11.6 Å². The number of rotatable bonds is 2. The molecule has 3 nitrogen and oxygen atoms in total. The fraction of sp³-hybridized carbons (Fsp3) is 0.143. The molecule has 2 aromatic carbocycles. The number of benzene rings is 2. The number of hydrogen-bond donors (Lipinski definition) is 0. The summed E-state index contributed by atoms with van der Waals surface area (Å²) in [5.41, 5.74) is 3.23.